The second-order valence-electron chi connectivity index (χ2n) is 7.04. The quantitative estimate of drug-likeness (QED) is 0.701. The van der Waals surface area contributed by atoms with E-state index < -0.39 is 0 Å². The van der Waals surface area contributed by atoms with Gasteiger partial charge in [-0.1, -0.05) is 31.2 Å². The van der Waals surface area contributed by atoms with Crippen LogP contribution >= 0.6 is 0 Å². The number of H-pyrrole nitrogens is 1. The lowest BCUT2D eigenvalue weighted by Crippen LogP contribution is -2.35. The van der Waals surface area contributed by atoms with Crippen molar-refractivity contribution in [3.05, 3.63) is 81.3 Å². The van der Waals surface area contributed by atoms with Gasteiger partial charge in [-0.25, -0.2) is 4.98 Å². The van der Waals surface area contributed by atoms with Gasteiger partial charge in [0.15, 0.2) is 0 Å². The summed E-state index contributed by atoms with van der Waals surface area (Å²) in [5.41, 5.74) is 11.7. The maximum Gasteiger partial charge on any atom is 0.254 e. The molecule has 0 radical (unpaired) electrons. The highest BCUT2D eigenvalue weighted by Gasteiger charge is 2.22. The summed E-state index contributed by atoms with van der Waals surface area (Å²) in [6.07, 6.45) is 1.76. The largest absolute Gasteiger partial charge is 0.399 e. The molecule has 0 saturated carbocycles. The van der Waals surface area contributed by atoms with Crippen LogP contribution in [0.25, 0.3) is 11.4 Å². The molecule has 2 aromatic carbocycles. The Bertz CT molecular complexity index is 1010. The first-order valence-corrected chi connectivity index (χ1v) is 9.41. The van der Waals surface area contributed by atoms with E-state index in [4.69, 9.17) is 10.7 Å². The zero-order valence-corrected chi connectivity index (χ0v) is 15.5. The van der Waals surface area contributed by atoms with Gasteiger partial charge < -0.3 is 10.7 Å². The Morgan fingerprint density at radius 1 is 1.11 bits per heavy atom. The van der Waals surface area contributed by atoms with E-state index >= 15 is 0 Å². The predicted molar refractivity (Wildman–Crippen MR) is 108 cm³/mol. The summed E-state index contributed by atoms with van der Waals surface area (Å²) >= 11 is 0. The van der Waals surface area contributed by atoms with Crippen LogP contribution in [0.15, 0.2) is 53.3 Å². The van der Waals surface area contributed by atoms with Crippen LogP contribution in [0.5, 0.6) is 0 Å². The number of anilines is 1. The van der Waals surface area contributed by atoms with Gasteiger partial charge >= 0.3 is 0 Å². The van der Waals surface area contributed by atoms with Crippen molar-refractivity contribution in [2.45, 2.75) is 32.9 Å². The van der Waals surface area contributed by atoms with Gasteiger partial charge in [-0.05, 0) is 48.2 Å². The molecular formula is C22H24N4O. The summed E-state index contributed by atoms with van der Waals surface area (Å²) in [7, 11) is 0. The van der Waals surface area contributed by atoms with E-state index in [0.717, 1.165) is 42.8 Å². The van der Waals surface area contributed by atoms with Crippen LogP contribution in [0, 0.1) is 0 Å². The fourth-order valence-corrected chi connectivity index (χ4v) is 3.70. The van der Waals surface area contributed by atoms with Gasteiger partial charge in [0.1, 0.15) is 5.82 Å². The summed E-state index contributed by atoms with van der Waals surface area (Å²) < 4.78 is 0. The molecule has 4 rings (SSSR count). The van der Waals surface area contributed by atoms with Crippen LogP contribution in [0.3, 0.4) is 0 Å². The average Bonchev–Trinajstić information content (AvgIpc) is 2.68. The van der Waals surface area contributed by atoms with E-state index in [9.17, 15) is 4.79 Å². The third kappa shape index (κ3) is 3.64. The monoisotopic (exact) mass is 360 g/mol. The highest BCUT2D eigenvalue weighted by atomic mass is 16.1. The Morgan fingerprint density at radius 3 is 2.59 bits per heavy atom. The number of hydrogen-bond donors (Lipinski definition) is 2. The lowest BCUT2D eigenvalue weighted by molar-refractivity contribution is 0.240. The second-order valence-corrected chi connectivity index (χ2v) is 7.04. The summed E-state index contributed by atoms with van der Waals surface area (Å²) in [4.78, 5) is 22.6. The van der Waals surface area contributed by atoms with Crippen LogP contribution in [0.2, 0.25) is 0 Å². The molecule has 0 saturated heterocycles. The maximum absolute atomic E-state index is 12.6. The summed E-state index contributed by atoms with van der Waals surface area (Å²) in [6.45, 7) is 4.63. The molecule has 3 aromatic rings. The lowest BCUT2D eigenvalue weighted by atomic mass is 10.0. The standard InChI is InChI=1S/C22H24N4O/c1-2-15-5-3-4-6-17(15)13-26-12-11-19-20(14-26)24-21(25-22(19)27)16-7-9-18(23)10-8-16/h3-10H,2,11-14,23H2,1H3,(H,24,25,27). The molecule has 5 nitrogen and oxygen atoms in total. The Balaban J connectivity index is 1.61. The number of nitrogen functional groups attached to an aromatic ring is 1. The lowest BCUT2D eigenvalue weighted by Gasteiger charge is -2.28. The summed E-state index contributed by atoms with van der Waals surface area (Å²) in [5.74, 6) is 0.606. The molecule has 3 N–H and O–H groups in total. The Kier molecular flexibility index (Phi) is 4.77. The molecule has 2 heterocycles. The van der Waals surface area contributed by atoms with Gasteiger partial charge in [0.25, 0.3) is 5.56 Å². The molecule has 0 aliphatic carbocycles. The van der Waals surface area contributed by atoms with E-state index in [2.05, 4.69) is 41.1 Å². The smallest absolute Gasteiger partial charge is 0.254 e. The van der Waals surface area contributed by atoms with Gasteiger partial charge in [0.2, 0.25) is 0 Å². The molecule has 1 aliphatic rings. The highest BCUT2D eigenvalue weighted by molar-refractivity contribution is 5.58. The Labute approximate surface area is 158 Å². The molecule has 138 valence electrons. The van der Waals surface area contributed by atoms with E-state index in [1.165, 1.54) is 11.1 Å². The van der Waals surface area contributed by atoms with E-state index in [1.54, 1.807) is 0 Å². The normalized spacial score (nSPS) is 14.1. The molecule has 1 aromatic heterocycles. The number of nitrogens with two attached hydrogens (primary N) is 1. The van der Waals surface area contributed by atoms with Crippen molar-refractivity contribution >= 4 is 5.69 Å². The van der Waals surface area contributed by atoms with Crippen molar-refractivity contribution in [1.82, 2.24) is 14.9 Å². The summed E-state index contributed by atoms with van der Waals surface area (Å²) in [6, 6.07) is 16.0. The van der Waals surface area contributed by atoms with Crippen LogP contribution in [-0.2, 0) is 25.9 Å². The van der Waals surface area contributed by atoms with Gasteiger partial charge in [0.05, 0.1) is 5.69 Å². The van der Waals surface area contributed by atoms with Crippen molar-refractivity contribution in [3.63, 3.8) is 0 Å². The van der Waals surface area contributed by atoms with E-state index in [-0.39, 0.29) is 5.56 Å². The van der Waals surface area contributed by atoms with Gasteiger partial charge in [-0.15, -0.1) is 0 Å². The van der Waals surface area contributed by atoms with Crippen molar-refractivity contribution in [1.29, 1.82) is 0 Å². The molecular weight excluding hydrogens is 336 g/mol. The number of nitrogens with zero attached hydrogens (tertiary/aromatic N) is 2. The minimum absolute atomic E-state index is 0.0274. The third-order valence-corrected chi connectivity index (χ3v) is 5.23. The van der Waals surface area contributed by atoms with Crippen molar-refractivity contribution in [3.8, 4) is 11.4 Å². The maximum atomic E-state index is 12.6. The van der Waals surface area contributed by atoms with Crippen LogP contribution < -0.4 is 11.3 Å². The first kappa shape index (κ1) is 17.5. The molecule has 0 amide bonds. The fraction of sp³-hybridized carbons (Fsp3) is 0.273. The van der Waals surface area contributed by atoms with Gasteiger partial charge in [-0.2, -0.15) is 0 Å². The number of fused-ring (bicyclic) bond motifs is 1. The number of rotatable bonds is 4. The molecule has 0 spiro atoms. The first-order chi connectivity index (χ1) is 13.1. The highest BCUT2D eigenvalue weighted by Crippen LogP contribution is 2.22. The predicted octanol–water partition coefficient (Wildman–Crippen LogP) is 3.14. The van der Waals surface area contributed by atoms with Gasteiger partial charge in [0, 0.05) is 36.4 Å². The van der Waals surface area contributed by atoms with Crippen molar-refractivity contribution in [2.24, 2.45) is 0 Å². The first-order valence-electron chi connectivity index (χ1n) is 9.41. The SMILES string of the molecule is CCc1ccccc1CN1CCc2c(nc(-c3ccc(N)cc3)[nH]c2=O)C1. The second kappa shape index (κ2) is 7.37. The fourth-order valence-electron chi connectivity index (χ4n) is 3.70. The zero-order chi connectivity index (χ0) is 18.8. The van der Waals surface area contributed by atoms with E-state index in [1.807, 2.05) is 24.3 Å². The number of aromatic nitrogens is 2. The van der Waals surface area contributed by atoms with Crippen LogP contribution in [-0.4, -0.2) is 21.4 Å². The molecule has 0 atom stereocenters. The van der Waals surface area contributed by atoms with Crippen molar-refractivity contribution < 1.29 is 0 Å². The molecule has 0 bridgehead atoms. The van der Waals surface area contributed by atoms with Gasteiger partial charge in [-0.3, -0.25) is 9.69 Å². The molecule has 0 unspecified atom stereocenters. The molecule has 27 heavy (non-hydrogen) atoms. The minimum Gasteiger partial charge on any atom is -0.399 e. The number of nitrogens with one attached hydrogen (secondary N) is 1. The third-order valence-electron chi connectivity index (χ3n) is 5.23. The topological polar surface area (TPSA) is 75.0 Å². The average molecular weight is 360 g/mol. The minimum atomic E-state index is -0.0274. The number of hydrogen-bond acceptors (Lipinski definition) is 4. The Morgan fingerprint density at radius 2 is 1.85 bits per heavy atom. The molecule has 5 heteroatoms. The van der Waals surface area contributed by atoms with Crippen LogP contribution in [0.4, 0.5) is 5.69 Å². The Hall–Kier alpha value is -2.92. The molecule has 0 fully saturated rings. The van der Waals surface area contributed by atoms with E-state index in [0.29, 0.717) is 18.1 Å². The summed E-state index contributed by atoms with van der Waals surface area (Å²) in [5, 5.41) is 0. The molecule has 1 aliphatic heterocycles. The van der Waals surface area contributed by atoms with Crippen molar-refractivity contribution in [2.75, 3.05) is 12.3 Å². The van der Waals surface area contributed by atoms with Crippen LogP contribution in [0.1, 0.15) is 29.3 Å². The number of benzene rings is 2. The number of aryl methyl sites for hydroxylation is 1. The number of aromatic amines is 1. The zero-order valence-electron chi connectivity index (χ0n) is 15.5.